The molecule has 0 amide bonds. The number of aromatic nitrogens is 2. The highest BCUT2D eigenvalue weighted by Crippen LogP contribution is 2.23. The minimum Gasteiger partial charge on any atom is -0.477 e. The molecule has 0 aliphatic carbocycles. The number of benzene rings is 1. The molecule has 0 spiro atoms. The quantitative estimate of drug-likeness (QED) is 0.469. The lowest BCUT2D eigenvalue weighted by molar-refractivity contribution is 0.302. The Labute approximate surface area is 100.0 Å². The molecule has 2 rings (SSSR count). The van der Waals surface area contributed by atoms with E-state index in [-0.39, 0.29) is 0 Å². The van der Waals surface area contributed by atoms with Gasteiger partial charge in [0.1, 0.15) is 0 Å². The Bertz CT molecular complexity index is 501. The summed E-state index contributed by atoms with van der Waals surface area (Å²) < 4.78 is 5.66. The molecule has 1 aromatic carbocycles. The van der Waals surface area contributed by atoms with E-state index < -0.39 is 0 Å². The van der Waals surface area contributed by atoms with Gasteiger partial charge in [-0.1, -0.05) is 25.5 Å². The Morgan fingerprint density at radius 3 is 2.88 bits per heavy atom. The third kappa shape index (κ3) is 2.62. The first kappa shape index (κ1) is 11.6. The van der Waals surface area contributed by atoms with Gasteiger partial charge in [-0.3, -0.25) is 5.43 Å². The topological polar surface area (TPSA) is 73.1 Å². The van der Waals surface area contributed by atoms with Gasteiger partial charge in [-0.15, -0.1) is 0 Å². The molecule has 17 heavy (non-hydrogen) atoms. The minimum absolute atomic E-state index is 0.371. The Balaban J connectivity index is 2.36. The van der Waals surface area contributed by atoms with E-state index in [0.717, 1.165) is 23.7 Å². The number of nitrogens with one attached hydrogen (secondary N) is 1. The second-order valence-electron chi connectivity index (χ2n) is 3.72. The van der Waals surface area contributed by atoms with Crippen LogP contribution in [-0.4, -0.2) is 16.6 Å². The van der Waals surface area contributed by atoms with Crippen molar-refractivity contribution in [3.05, 3.63) is 24.3 Å². The van der Waals surface area contributed by atoms with Gasteiger partial charge in [-0.25, -0.2) is 10.8 Å². The third-order valence-corrected chi connectivity index (χ3v) is 2.43. The van der Waals surface area contributed by atoms with Crippen LogP contribution in [0.5, 0.6) is 5.88 Å². The first-order valence-corrected chi connectivity index (χ1v) is 5.71. The molecule has 1 heterocycles. The molecule has 0 saturated heterocycles. The maximum atomic E-state index is 5.66. The van der Waals surface area contributed by atoms with Gasteiger partial charge in [0.2, 0.25) is 11.8 Å². The molecule has 0 saturated carbocycles. The molecular weight excluding hydrogens is 216 g/mol. The number of anilines is 1. The number of unbranched alkanes of at least 4 members (excludes halogenated alkanes) is 1. The number of ether oxygens (including phenoxy) is 1. The average molecular weight is 232 g/mol. The molecule has 0 aliphatic rings. The zero-order valence-electron chi connectivity index (χ0n) is 9.81. The summed E-state index contributed by atoms with van der Waals surface area (Å²) in [5.74, 6) is 6.29. The second-order valence-corrected chi connectivity index (χ2v) is 3.72. The number of nitrogen functional groups attached to an aromatic ring is 1. The maximum absolute atomic E-state index is 5.66. The van der Waals surface area contributed by atoms with E-state index >= 15 is 0 Å². The first-order chi connectivity index (χ1) is 8.35. The van der Waals surface area contributed by atoms with Gasteiger partial charge in [-0.05, 0) is 18.6 Å². The number of para-hydroxylation sites is 1. The predicted molar refractivity (Wildman–Crippen MR) is 67.8 cm³/mol. The molecular formula is C12H16N4O. The lowest BCUT2D eigenvalue weighted by Crippen LogP contribution is -2.11. The van der Waals surface area contributed by atoms with E-state index in [1.54, 1.807) is 0 Å². The smallest absolute Gasteiger partial charge is 0.241 e. The van der Waals surface area contributed by atoms with Gasteiger partial charge >= 0.3 is 0 Å². The molecule has 0 unspecified atom stereocenters. The van der Waals surface area contributed by atoms with Crippen LogP contribution in [0.15, 0.2) is 24.3 Å². The van der Waals surface area contributed by atoms with Crippen LogP contribution in [0.2, 0.25) is 0 Å². The third-order valence-electron chi connectivity index (χ3n) is 2.43. The van der Waals surface area contributed by atoms with Gasteiger partial charge in [0.05, 0.1) is 17.5 Å². The van der Waals surface area contributed by atoms with Crippen molar-refractivity contribution in [1.29, 1.82) is 0 Å². The van der Waals surface area contributed by atoms with E-state index in [2.05, 4.69) is 22.3 Å². The standard InChI is InChI=1S/C12H16N4O/c1-2-3-8-17-11-9-6-4-5-7-10(9)14-12(15-11)16-13/h4-7H,2-3,8,13H2,1H3,(H,14,15,16). The van der Waals surface area contributed by atoms with Gasteiger partial charge in [-0.2, -0.15) is 4.98 Å². The summed E-state index contributed by atoms with van der Waals surface area (Å²) in [6, 6.07) is 7.71. The molecule has 1 aromatic heterocycles. The summed E-state index contributed by atoms with van der Waals surface area (Å²) in [5, 5.41) is 0.905. The number of nitrogens with two attached hydrogens (primary N) is 1. The summed E-state index contributed by atoms with van der Waals surface area (Å²) in [6.07, 6.45) is 2.09. The zero-order valence-corrected chi connectivity index (χ0v) is 9.81. The van der Waals surface area contributed by atoms with Crippen molar-refractivity contribution in [2.24, 2.45) is 5.84 Å². The number of rotatable bonds is 5. The van der Waals surface area contributed by atoms with E-state index in [1.165, 1.54) is 0 Å². The fourth-order valence-corrected chi connectivity index (χ4v) is 1.54. The Hall–Kier alpha value is -1.88. The van der Waals surface area contributed by atoms with Crippen LogP contribution >= 0.6 is 0 Å². The normalized spacial score (nSPS) is 10.5. The van der Waals surface area contributed by atoms with Gasteiger partial charge < -0.3 is 4.74 Å². The molecule has 0 radical (unpaired) electrons. The van der Waals surface area contributed by atoms with Crippen molar-refractivity contribution >= 4 is 16.9 Å². The summed E-state index contributed by atoms with van der Waals surface area (Å²) >= 11 is 0. The van der Waals surface area contributed by atoms with Gasteiger partial charge in [0.15, 0.2) is 0 Å². The van der Waals surface area contributed by atoms with Crippen LogP contribution in [0.3, 0.4) is 0 Å². The fourth-order valence-electron chi connectivity index (χ4n) is 1.54. The number of hydrogen-bond donors (Lipinski definition) is 2. The molecule has 0 aliphatic heterocycles. The fraction of sp³-hybridized carbons (Fsp3) is 0.333. The van der Waals surface area contributed by atoms with Crippen molar-refractivity contribution in [1.82, 2.24) is 9.97 Å². The lowest BCUT2D eigenvalue weighted by atomic mass is 10.2. The molecule has 0 bridgehead atoms. The predicted octanol–water partition coefficient (Wildman–Crippen LogP) is 2.09. The van der Waals surface area contributed by atoms with Crippen LogP contribution in [0.1, 0.15) is 19.8 Å². The summed E-state index contributed by atoms with van der Waals surface area (Å²) in [4.78, 5) is 8.48. The van der Waals surface area contributed by atoms with Crippen molar-refractivity contribution in [3.63, 3.8) is 0 Å². The highest BCUT2D eigenvalue weighted by atomic mass is 16.5. The van der Waals surface area contributed by atoms with E-state index in [9.17, 15) is 0 Å². The lowest BCUT2D eigenvalue weighted by Gasteiger charge is -2.09. The summed E-state index contributed by atoms with van der Waals surface area (Å²) in [7, 11) is 0. The number of nitrogens with zero attached hydrogens (tertiary/aromatic N) is 2. The Morgan fingerprint density at radius 2 is 2.12 bits per heavy atom. The van der Waals surface area contributed by atoms with Crippen LogP contribution in [0.4, 0.5) is 5.95 Å². The van der Waals surface area contributed by atoms with E-state index in [0.29, 0.717) is 18.4 Å². The van der Waals surface area contributed by atoms with E-state index in [1.807, 2.05) is 24.3 Å². The van der Waals surface area contributed by atoms with Crippen molar-refractivity contribution in [2.45, 2.75) is 19.8 Å². The zero-order chi connectivity index (χ0) is 12.1. The molecule has 0 atom stereocenters. The van der Waals surface area contributed by atoms with Crippen molar-refractivity contribution < 1.29 is 4.74 Å². The molecule has 3 N–H and O–H groups in total. The summed E-state index contributed by atoms with van der Waals surface area (Å²) in [6.45, 7) is 2.77. The van der Waals surface area contributed by atoms with Gasteiger partial charge in [0.25, 0.3) is 0 Å². The highest BCUT2D eigenvalue weighted by Gasteiger charge is 2.07. The van der Waals surface area contributed by atoms with Crippen LogP contribution in [0.25, 0.3) is 10.9 Å². The van der Waals surface area contributed by atoms with Gasteiger partial charge in [0, 0.05) is 0 Å². The molecule has 5 heteroatoms. The monoisotopic (exact) mass is 232 g/mol. The second kappa shape index (κ2) is 5.45. The van der Waals surface area contributed by atoms with Crippen molar-refractivity contribution in [2.75, 3.05) is 12.0 Å². The van der Waals surface area contributed by atoms with Crippen molar-refractivity contribution in [3.8, 4) is 5.88 Å². The van der Waals surface area contributed by atoms with Crippen LogP contribution < -0.4 is 16.0 Å². The first-order valence-electron chi connectivity index (χ1n) is 5.71. The average Bonchev–Trinajstić information content (AvgIpc) is 2.38. The molecule has 0 fully saturated rings. The Kier molecular flexibility index (Phi) is 3.72. The number of hydrazine groups is 1. The van der Waals surface area contributed by atoms with E-state index in [4.69, 9.17) is 10.6 Å². The largest absolute Gasteiger partial charge is 0.477 e. The summed E-state index contributed by atoms with van der Waals surface area (Å²) in [5.41, 5.74) is 3.27. The number of hydrogen-bond acceptors (Lipinski definition) is 5. The number of fused-ring (bicyclic) bond motifs is 1. The molecule has 5 nitrogen and oxygen atoms in total. The molecule has 90 valence electrons. The SMILES string of the molecule is CCCCOc1nc(NN)nc2ccccc12. The van der Waals surface area contributed by atoms with Crippen LogP contribution in [-0.2, 0) is 0 Å². The highest BCUT2D eigenvalue weighted by molar-refractivity contribution is 5.84. The maximum Gasteiger partial charge on any atom is 0.241 e. The Morgan fingerprint density at radius 1 is 1.29 bits per heavy atom. The van der Waals surface area contributed by atoms with Crippen LogP contribution in [0, 0.1) is 0 Å². The molecule has 2 aromatic rings. The minimum atomic E-state index is 0.371.